The fourth-order valence-corrected chi connectivity index (χ4v) is 8.25. The van der Waals surface area contributed by atoms with Crippen LogP contribution in [0.3, 0.4) is 0 Å². The Kier molecular flexibility index (Phi) is 15.8. The van der Waals surface area contributed by atoms with Crippen molar-refractivity contribution in [3.63, 3.8) is 0 Å². The Labute approximate surface area is 261 Å². The Morgan fingerprint density at radius 3 is 1.61 bits per heavy atom. The number of nitrogens with zero attached hydrogens (tertiary/aromatic N) is 3. The van der Waals surface area contributed by atoms with Gasteiger partial charge in [-0.15, -0.1) is 5.06 Å². The minimum Gasteiger partial charge on any atom is -0.444 e. The summed E-state index contributed by atoms with van der Waals surface area (Å²) in [6, 6.07) is 0. The van der Waals surface area contributed by atoms with Crippen molar-refractivity contribution in [3.05, 3.63) is 0 Å². The second kappa shape index (κ2) is 17.1. The number of hydroxylamine groups is 2. The molecule has 0 radical (unpaired) electrons. The first-order chi connectivity index (χ1) is 18.9. The van der Waals surface area contributed by atoms with E-state index in [4.69, 9.17) is 9.57 Å². The van der Waals surface area contributed by atoms with E-state index >= 15 is 0 Å². The average molecular weight is 654 g/mol. The van der Waals surface area contributed by atoms with Gasteiger partial charge in [0.2, 0.25) is 5.91 Å². The molecule has 0 saturated carbocycles. The number of ether oxygens (including phenoxy) is 1. The van der Waals surface area contributed by atoms with E-state index in [0.29, 0.717) is 44.1 Å². The summed E-state index contributed by atoms with van der Waals surface area (Å²) in [5.74, 6) is -1.23. The van der Waals surface area contributed by atoms with Crippen molar-refractivity contribution in [1.82, 2.24) is 14.9 Å². The molecule has 10 nitrogen and oxygen atoms in total. The summed E-state index contributed by atoms with van der Waals surface area (Å²) in [4.78, 5) is 66.7. The first kappa shape index (κ1) is 37.8. The summed E-state index contributed by atoms with van der Waals surface area (Å²) in [6.07, 6.45) is 6.25. The molecule has 0 bridgehead atoms. The fraction of sp³-hybridized carbons (Fsp3) is 0.815. The number of carbonyl (C=O) groups excluding carboxylic acids is 5. The van der Waals surface area contributed by atoms with Gasteiger partial charge in [-0.2, -0.15) is 0 Å². The molecule has 0 unspecified atom stereocenters. The standard InChI is InChI=1S/C16H30N2O3S2.C11H17NO4S2/c1-15(2,3)21-14(20)18-11-9-17(10-12-18)13(19)7-8-16(4,5)23-22-6;1-11(2,18-17-3)7-6-10(15)16-12-8(13)4-5-9(12)14/h7-12H2,1-6H3;4-7H2,1-3H3. The summed E-state index contributed by atoms with van der Waals surface area (Å²) in [7, 11) is 6.87. The summed E-state index contributed by atoms with van der Waals surface area (Å²) in [6.45, 7) is 16.3. The molecule has 2 aliphatic rings. The molecule has 41 heavy (non-hydrogen) atoms. The number of piperazine rings is 1. The van der Waals surface area contributed by atoms with Crippen LogP contribution in [0.4, 0.5) is 4.79 Å². The molecule has 2 fully saturated rings. The third-order valence-corrected chi connectivity index (χ3v) is 11.3. The summed E-state index contributed by atoms with van der Waals surface area (Å²) >= 11 is 0. The molecule has 0 atom stereocenters. The minimum atomic E-state index is -0.534. The SMILES string of the molecule is CSSC(C)(C)CCC(=O)N1CCN(C(=O)OC(C)(C)C)CC1.CSSC(C)(C)CCC(=O)ON1C(=O)CCC1=O. The molecular weight excluding hydrogens is 607 g/mol. The molecule has 0 aromatic rings. The van der Waals surface area contributed by atoms with Crippen molar-refractivity contribution < 1.29 is 33.5 Å². The highest BCUT2D eigenvalue weighted by atomic mass is 33.1. The second-order valence-corrected chi connectivity index (χ2v) is 18.1. The lowest BCUT2D eigenvalue weighted by Crippen LogP contribution is -2.51. The predicted molar refractivity (Wildman–Crippen MR) is 170 cm³/mol. The van der Waals surface area contributed by atoms with Crippen LogP contribution in [0.15, 0.2) is 0 Å². The van der Waals surface area contributed by atoms with Crippen molar-refractivity contribution in [3.8, 4) is 0 Å². The molecule has 4 amide bonds. The third kappa shape index (κ3) is 15.2. The Morgan fingerprint density at radius 2 is 1.17 bits per heavy atom. The van der Waals surface area contributed by atoms with Gasteiger partial charge in [0.25, 0.3) is 11.8 Å². The van der Waals surface area contributed by atoms with Crippen LogP contribution >= 0.6 is 43.2 Å². The van der Waals surface area contributed by atoms with E-state index in [0.717, 1.165) is 6.42 Å². The van der Waals surface area contributed by atoms with Gasteiger partial charge in [0.05, 0.1) is 0 Å². The van der Waals surface area contributed by atoms with Gasteiger partial charge in [0.1, 0.15) is 5.60 Å². The first-order valence-electron chi connectivity index (χ1n) is 13.7. The van der Waals surface area contributed by atoms with Gasteiger partial charge in [0.15, 0.2) is 0 Å². The minimum absolute atomic E-state index is 0.0442. The lowest BCUT2D eigenvalue weighted by atomic mass is 10.1. The van der Waals surface area contributed by atoms with Crippen molar-refractivity contribution in [2.24, 2.45) is 0 Å². The van der Waals surface area contributed by atoms with Gasteiger partial charge in [-0.05, 0) is 73.8 Å². The topological polar surface area (TPSA) is 114 Å². The van der Waals surface area contributed by atoms with Gasteiger partial charge in [-0.1, -0.05) is 43.2 Å². The Hall–Kier alpha value is -1.25. The Balaban J connectivity index is 0.000000422. The molecule has 2 saturated heterocycles. The molecule has 0 aromatic heterocycles. The Bertz CT molecular complexity index is 901. The average Bonchev–Trinajstić information content (AvgIpc) is 3.18. The van der Waals surface area contributed by atoms with Crippen molar-refractivity contribution in [2.75, 3.05) is 38.7 Å². The normalized spacial score (nSPS) is 16.4. The molecule has 0 spiro atoms. The predicted octanol–water partition coefficient (Wildman–Crippen LogP) is 5.80. The zero-order valence-corrected chi connectivity index (χ0v) is 29.2. The van der Waals surface area contributed by atoms with E-state index < -0.39 is 23.4 Å². The lowest BCUT2D eigenvalue weighted by Gasteiger charge is -2.36. The zero-order chi connectivity index (χ0) is 31.4. The molecule has 0 N–H and O–H groups in total. The van der Waals surface area contributed by atoms with Gasteiger partial charge >= 0.3 is 12.1 Å². The van der Waals surface area contributed by atoms with E-state index in [2.05, 4.69) is 20.1 Å². The number of carbonyl (C=O) groups is 5. The molecule has 2 heterocycles. The maximum Gasteiger partial charge on any atom is 0.410 e. The molecular formula is C27H47N3O7S4. The van der Waals surface area contributed by atoms with Gasteiger partial charge in [-0.25, -0.2) is 9.59 Å². The number of rotatable bonds is 11. The third-order valence-electron chi connectivity index (χ3n) is 5.97. The summed E-state index contributed by atoms with van der Waals surface area (Å²) < 4.78 is 5.43. The van der Waals surface area contributed by atoms with Crippen molar-refractivity contribution in [1.29, 1.82) is 0 Å². The van der Waals surface area contributed by atoms with Crippen LogP contribution in [0.1, 0.15) is 87.0 Å². The number of amides is 4. The maximum absolute atomic E-state index is 12.3. The smallest absolute Gasteiger partial charge is 0.410 e. The van der Waals surface area contributed by atoms with Crippen molar-refractivity contribution in [2.45, 2.75) is 102 Å². The van der Waals surface area contributed by atoms with E-state index in [9.17, 15) is 24.0 Å². The van der Waals surface area contributed by atoms with Crippen LogP contribution in [0.5, 0.6) is 0 Å². The fourth-order valence-electron chi connectivity index (χ4n) is 3.77. The lowest BCUT2D eigenvalue weighted by molar-refractivity contribution is -0.197. The van der Waals surface area contributed by atoms with E-state index in [1.807, 2.05) is 56.6 Å². The molecule has 0 aliphatic carbocycles. The molecule has 236 valence electrons. The number of hydrogen-bond acceptors (Lipinski definition) is 11. The highest BCUT2D eigenvalue weighted by Gasteiger charge is 2.33. The highest BCUT2D eigenvalue weighted by molar-refractivity contribution is 8.77. The van der Waals surface area contributed by atoms with Crippen LogP contribution in [-0.2, 0) is 28.8 Å². The van der Waals surface area contributed by atoms with Gasteiger partial charge in [-0.3, -0.25) is 14.4 Å². The van der Waals surface area contributed by atoms with Crippen molar-refractivity contribution >= 4 is 73.0 Å². The van der Waals surface area contributed by atoms with Crippen LogP contribution in [0.25, 0.3) is 0 Å². The maximum atomic E-state index is 12.3. The molecule has 2 rings (SSSR count). The van der Waals surface area contributed by atoms with Crippen LogP contribution < -0.4 is 0 Å². The summed E-state index contributed by atoms with van der Waals surface area (Å²) in [5.41, 5.74) is -0.482. The summed E-state index contributed by atoms with van der Waals surface area (Å²) in [5, 5.41) is 0.594. The highest BCUT2D eigenvalue weighted by Crippen LogP contribution is 2.38. The van der Waals surface area contributed by atoms with Crippen LogP contribution in [-0.4, -0.2) is 98.4 Å². The quantitative estimate of drug-likeness (QED) is 0.199. The monoisotopic (exact) mass is 653 g/mol. The second-order valence-electron chi connectivity index (χ2n) is 11.9. The number of imide groups is 1. The Morgan fingerprint density at radius 1 is 0.732 bits per heavy atom. The number of hydrogen-bond donors (Lipinski definition) is 0. The van der Waals surface area contributed by atoms with E-state index in [1.165, 1.54) is 0 Å². The van der Waals surface area contributed by atoms with Crippen LogP contribution in [0, 0.1) is 0 Å². The van der Waals surface area contributed by atoms with E-state index in [1.54, 1.807) is 37.3 Å². The molecule has 14 heteroatoms. The van der Waals surface area contributed by atoms with Gasteiger partial charge in [0, 0.05) is 61.4 Å². The first-order valence-corrected chi connectivity index (χ1v) is 18.8. The van der Waals surface area contributed by atoms with E-state index in [-0.39, 0.29) is 40.8 Å². The van der Waals surface area contributed by atoms with Crippen LogP contribution in [0.2, 0.25) is 0 Å². The largest absolute Gasteiger partial charge is 0.444 e. The molecule has 2 aliphatic heterocycles. The zero-order valence-electron chi connectivity index (χ0n) is 25.9. The molecule has 0 aromatic carbocycles. The van der Waals surface area contributed by atoms with Gasteiger partial charge < -0.3 is 19.4 Å².